The molecule has 0 aliphatic heterocycles. The molecule has 4 nitrogen and oxygen atoms in total. The van der Waals surface area contributed by atoms with Gasteiger partial charge >= 0.3 is 0 Å². The topological polar surface area (TPSA) is 51.5 Å². The van der Waals surface area contributed by atoms with Gasteiger partial charge in [-0.15, -0.1) is 0 Å². The maximum Gasteiger partial charge on any atom is 0.291 e. The minimum Gasteiger partial charge on any atom is -0.485 e. The molecule has 0 saturated heterocycles. The van der Waals surface area contributed by atoms with Gasteiger partial charge in [0.15, 0.2) is 5.76 Å². The molecule has 0 spiro atoms. The minimum absolute atomic E-state index is 0.146. The zero-order valence-corrected chi connectivity index (χ0v) is 16.1. The van der Waals surface area contributed by atoms with E-state index in [0.29, 0.717) is 21.5 Å². The van der Waals surface area contributed by atoms with Crippen LogP contribution in [0.3, 0.4) is 0 Å². The predicted octanol–water partition coefficient (Wildman–Crippen LogP) is 6.57. The molecule has 1 aromatic heterocycles. The van der Waals surface area contributed by atoms with E-state index >= 15 is 0 Å². The van der Waals surface area contributed by atoms with E-state index in [1.165, 1.54) is 0 Å². The molecule has 0 unspecified atom stereocenters. The van der Waals surface area contributed by atoms with E-state index in [0.717, 1.165) is 16.5 Å². The van der Waals surface area contributed by atoms with Crippen molar-refractivity contribution >= 4 is 45.6 Å². The number of fused-ring (bicyclic) bond motifs is 1. The van der Waals surface area contributed by atoms with Gasteiger partial charge in [0.25, 0.3) is 5.91 Å². The van der Waals surface area contributed by atoms with Crippen LogP contribution in [0.2, 0.25) is 10.0 Å². The molecule has 0 aliphatic carbocycles. The van der Waals surface area contributed by atoms with Crippen LogP contribution in [-0.4, -0.2) is 5.91 Å². The van der Waals surface area contributed by atoms with Gasteiger partial charge in [-0.2, -0.15) is 0 Å². The number of rotatable bonds is 5. The Hall–Kier alpha value is -2.95. The lowest BCUT2D eigenvalue weighted by Crippen LogP contribution is -2.11. The van der Waals surface area contributed by atoms with Crippen molar-refractivity contribution in [1.82, 2.24) is 0 Å². The zero-order valence-electron chi connectivity index (χ0n) is 14.6. The van der Waals surface area contributed by atoms with Crippen LogP contribution in [0.25, 0.3) is 10.8 Å². The molecule has 4 aromatic rings. The van der Waals surface area contributed by atoms with E-state index in [1.54, 1.807) is 30.3 Å². The Bertz CT molecular complexity index is 1130. The smallest absolute Gasteiger partial charge is 0.291 e. The molecular formula is C22H15Cl2NO3. The van der Waals surface area contributed by atoms with Crippen molar-refractivity contribution in [3.8, 4) is 5.75 Å². The fraction of sp³-hybridized carbons (Fsp3) is 0.0455. The SMILES string of the molecule is O=C(Nc1c(Cl)cccc1Cl)c1ccc(COc2cccc3ccccc23)o1. The second-order valence-corrected chi connectivity index (χ2v) is 6.90. The molecule has 0 fully saturated rings. The second-order valence-electron chi connectivity index (χ2n) is 6.08. The number of furan rings is 1. The third-order valence-electron chi connectivity index (χ3n) is 4.21. The first-order chi connectivity index (χ1) is 13.6. The van der Waals surface area contributed by atoms with Gasteiger partial charge in [0, 0.05) is 5.39 Å². The van der Waals surface area contributed by atoms with E-state index in [2.05, 4.69) is 5.32 Å². The maximum absolute atomic E-state index is 12.4. The maximum atomic E-state index is 12.4. The second kappa shape index (κ2) is 7.97. The average Bonchev–Trinajstić information content (AvgIpc) is 3.18. The summed E-state index contributed by atoms with van der Waals surface area (Å²) in [6, 6.07) is 22.1. The van der Waals surface area contributed by atoms with Crippen molar-refractivity contribution in [3.63, 3.8) is 0 Å². The molecule has 0 atom stereocenters. The molecule has 6 heteroatoms. The number of carbonyl (C=O) groups excluding carboxylic acids is 1. The van der Waals surface area contributed by atoms with Crippen LogP contribution in [0.1, 0.15) is 16.3 Å². The number of ether oxygens (including phenoxy) is 1. The van der Waals surface area contributed by atoms with Gasteiger partial charge in [0.1, 0.15) is 18.1 Å². The van der Waals surface area contributed by atoms with Crippen LogP contribution in [0.4, 0.5) is 5.69 Å². The molecule has 1 amide bonds. The molecule has 1 N–H and O–H groups in total. The number of nitrogens with one attached hydrogen (secondary N) is 1. The Morgan fingerprint density at radius 2 is 1.61 bits per heavy atom. The standard InChI is InChI=1S/C22H15Cl2NO3/c23-17-8-4-9-18(24)21(17)25-22(26)20-12-11-15(28-20)13-27-19-10-3-6-14-5-1-2-7-16(14)19/h1-12H,13H2,(H,25,26). The highest BCUT2D eigenvalue weighted by Gasteiger charge is 2.15. The molecule has 28 heavy (non-hydrogen) atoms. The molecular weight excluding hydrogens is 397 g/mol. The van der Waals surface area contributed by atoms with E-state index in [-0.39, 0.29) is 12.4 Å². The Balaban J connectivity index is 1.46. The highest BCUT2D eigenvalue weighted by molar-refractivity contribution is 6.39. The van der Waals surface area contributed by atoms with Gasteiger partial charge in [0.05, 0.1) is 15.7 Å². The lowest BCUT2D eigenvalue weighted by Gasteiger charge is -2.08. The molecule has 0 saturated carbocycles. The van der Waals surface area contributed by atoms with Gasteiger partial charge in [-0.1, -0.05) is 65.7 Å². The predicted molar refractivity (Wildman–Crippen MR) is 111 cm³/mol. The summed E-state index contributed by atoms with van der Waals surface area (Å²) >= 11 is 12.2. The Morgan fingerprint density at radius 3 is 2.43 bits per heavy atom. The fourth-order valence-electron chi connectivity index (χ4n) is 2.84. The van der Waals surface area contributed by atoms with Crippen molar-refractivity contribution in [2.24, 2.45) is 0 Å². The van der Waals surface area contributed by atoms with Gasteiger partial charge in [-0.3, -0.25) is 4.79 Å². The molecule has 0 aliphatic rings. The highest BCUT2D eigenvalue weighted by atomic mass is 35.5. The number of hydrogen-bond acceptors (Lipinski definition) is 3. The first-order valence-corrected chi connectivity index (χ1v) is 9.32. The van der Waals surface area contributed by atoms with Gasteiger partial charge in [0.2, 0.25) is 0 Å². The molecule has 0 bridgehead atoms. The highest BCUT2D eigenvalue weighted by Crippen LogP contribution is 2.30. The number of amides is 1. The summed E-state index contributed by atoms with van der Waals surface area (Å²) in [5.74, 6) is 0.991. The summed E-state index contributed by atoms with van der Waals surface area (Å²) in [4.78, 5) is 12.4. The largest absolute Gasteiger partial charge is 0.485 e. The Labute approximate surface area is 171 Å². The third kappa shape index (κ3) is 3.84. The first kappa shape index (κ1) is 18.4. The summed E-state index contributed by atoms with van der Waals surface area (Å²) in [5, 5.41) is 5.49. The van der Waals surface area contributed by atoms with E-state index in [1.807, 2.05) is 42.5 Å². The van der Waals surface area contributed by atoms with E-state index in [9.17, 15) is 4.79 Å². The van der Waals surface area contributed by atoms with Crippen LogP contribution in [0.5, 0.6) is 5.75 Å². The van der Waals surface area contributed by atoms with Gasteiger partial charge < -0.3 is 14.5 Å². The number of hydrogen-bond donors (Lipinski definition) is 1. The number of anilines is 1. The molecule has 140 valence electrons. The lowest BCUT2D eigenvalue weighted by atomic mass is 10.1. The van der Waals surface area contributed by atoms with Crippen LogP contribution >= 0.6 is 23.2 Å². The first-order valence-electron chi connectivity index (χ1n) is 8.56. The van der Waals surface area contributed by atoms with Crippen LogP contribution in [-0.2, 0) is 6.61 Å². The number of carbonyl (C=O) groups is 1. The van der Waals surface area contributed by atoms with Gasteiger partial charge in [-0.25, -0.2) is 0 Å². The number of halogens is 2. The van der Waals surface area contributed by atoms with Crippen molar-refractivity contribution in [1.29, 1.82) is 0 Å². The van der Waals surface area contributed by atoms with Crippen molar-refractivity contribution in [2.45, 2.75) is 6.61 Å². The number of para-hydroxylation sites is 1. The van der Waals surface area contributed by atoms with Crippen molar-refractivity contribution in [3.05, 3.63) is 94.4 Å². The summed E-state index contributed by atoms with van der Waals surface area (Å²) in [7, 11) is 0. The number of benzene rings is 3. The molecule has 1 heterocycles. The summed E-state index contributed by atoms with van der Waals surface area (Å²) in [5.41, 5.74) is 0.348. The van der Waals surface area contributed by atoms with Crippen LogP contribution in [0, 0.1) is 0 Å². The molecule has 3 aromatic carbocycles. The summed E-state index contributed by atoms with van der Waals surface area (Å²) < 4.78 is 11.5. The molecule has 4 rings (SSSR count). The fourth-order valence-corrected chi connectivity index (χ4v) is 3.33. The van der Waals surface area contributed by atoms with Crippen molar-refractivity contribution in [2.75, 3.05) is 5.32 Å². The quantitative estimate of drug-likeness (QED) is 0.403. The van der Waals surface area contributed by atoms with E-state index in [4.69, 9.17) is 32.4 Å². The monoisotopic (exact) mass is 411 g/mol. The molecule has 0 radical (unpaired) electrons. The van der Waals surface area contributed by atoms with Crippen LogP contribution in [0.15, 0.2) is 77.2 Å². The van der Waals surface area contributed by atoms with Crippen LogP contribution < -0.4 is 10.1 Å². The summed E-state index contributed by atoms with van der Waals surface area (Å²) in [6.45, 7) is 0.203. The zero-order chi connectivity index (χ0) is 19.5. The average molecular weight is 412 g/mol. The third-order valence-corrected chi connectivity index (χ3v) is 4.84. The summed E-state index contributed by atoms with van der Waals surface area (Å²) in [6.07, 6.45) is 0. The Morgan fingerprint density at radius 1 is 0.893 bits per heavy atom. The lowest BCUT2D eigenvalue weighted by molar-refractivity contribution is 0.0992. The Kier molecular flexibility index (Phi) is 5.24. The van der Waals surface area contributed by atoms with E-state index < -0.39 is 5.91 Å². The minimum atomic E-state index is -0.439. The normalized spacial score (nSPS) is 10.8. The van der Waals surface area contributed by atoms with Crippen molar-refractivity contribution < 1.29 is 13.9 Å². The van der Waals surface area contributed by atoms with Gasteiger partial charge in [-0.05, 0) is 35.7 Å².